The van der Waals surface area contributed by atoms with Crippen molar-refractivity contribution in [2.24, 2.45) is 5.84 Å². The van der Waals surface area contributed by atoms with Gasteiger partial charge in [-0.25, -0.2) is 15.8 Å². The summed E-state index contributed by atoms with van der Waals surface area (Å²) in [5, 5.41) is 5.63. The van der Waals surface area contributed by atoms with Gasteiger partial charge in [0.2, 0.25) is 0 Å². The van der Waals surface area contributed by atoms with Crippen LogP contribution in [-0.2, 0) is 0 Å². The van der Waals surface area contributed by atoms with Crippen LogP contribution in [0.15, 0.2) is 17.5 Å². The highest BCUT2D eigenvalue weighted by atomic mass is 32.1. The molecule has 6 heteroatoms. The van der Waals surface area contributed by atoms with E-state index < -0.39 is 0 Å². The third-order valence-electron chi connectivity index (χ3n) is 3.42. The molecular weight excluding hydrogens is 282 g/mol. The molecule has 2 rings (SSSR count). The van der Waals surface area contributed by atoms with Crippen molar-refractivity contribution in [1.29, 1.82) is 0 Å². The van der Waals surface area contributed by atoms with Crippen LogP contribution in [0.3, 0.4) is 0 Å². The maximum atomic E-state index is 5.58. The van der Waals surface area contributed by atoms with Crippen molar-refractivity contribution in [3.63, 3.8) is 0 Å². The fraction of sp³-hybridized carbons (Fsp3) is 0.467. The van der Waals surface area contributed by atoms with E-state index in [4.69, 9.17) is 5.84 Å². The standard InChI is InChI=1S/C15H23N5S/c1-5-11(12-7-6-8-21-12)17-14-10(4)15(20-16)19-13(18-14)9(2)3/h6-9,11H,5,16H2,1-4H3,(H2,17,18,19,20). The molecule has 0 bridgehead atoms. The van der Waals surface area contributed by atoms with Gasteiger partial charge in [0, 0.05) is 16.4 Å². The summed E-state index contributed by atoms with van der Waals surface area (Å²) in [4.78, 5) is 10.4. The Hall–Kier alpha value is -1.66. The zero-order chi connectivity index (χ0) is 15.4. The van der Waals surface area contributed by atoms with Crippen LogP contribution in [0.2, 0.25) is 0 Å². The fourth-order valence-electron chi connectivity index (χ4n) is 2.10. The summed E-state index contributed by atoms with van der Waals surface area (Å²) in [7, 11) is 0. The predicted octanol–water partition coefficient (Wildman–Crippen LogP) is 3.82. The van der Waals surface area contributed by atoms with Gasteiger partial charge in [-0.2, -0.15) is 0 Å². The predicted molar refractivity (Wildman–Crippen MR) is 89.6 cm³/mol. The van der Waals surface area contributed by atoms with Crippen molar-refractivity contribution in [3.05, 3.63) is 33.8 Å². The molecule has 1 atom stereocenters. The van der Waals surface area contributed by atoms with Gasteiger partial charge in [0.1, 0.15) is 17.5 Å². The average molecular weight is 305 g/mol. The molecule has 0 saturated carbocycles. The summed E-state index contributed by atoms with van der Waals surface area (Å²) < 4.78 is 0. The molecule has 2 heterocycles. The van der Waals surface area contributed by atoms with Crippen LogP contribution in [0.25, 0.3) is 0 Å². The quantitative estimate of drug-likeness (QED) is 0.559. The first-order valence-electron chi connectivity index (χ1n) is 7.21. The van der Waals surface area contributed by atoms with E-state index in [1.165, 1.54) is 4.88 Å². The van der Waals surface area contributed by atoms with Crippen LogP contribution in [-0.4, -0.2) is 9.97 Å². The molecule has 0 aliphatic rings. The maximum Gasteiger partial charge on any atom is 0.148 e. The Balaban J connectivity index is 2.35. The number of hydrazine groups is 1. The number of aromatic nitrogens is 2. The monoisotopic (exact) mass is 305 g/mol. The van der Waals surface area contributed by atoms with E-state index in [0.29, 0.717) is 5.82 Å². The summed E-state index contributed by atoms with van der Waals surface area (Å²) in [5.74, 6) is 8.15. The van der Waals surface area contributed by atoms with Gasteiger partial charge in [-0.05, 0) is 24.8 Å². The van der Waals surface area contributed by atoms with Gasteiger partial charge in [0.05, 0.1) is 6.04 Å². The van der Waals surface area contributed by atoms with Gasteiger partial charge in [0.25, 0.3) is 0 Å². The minimum absolute atomic E-state index is 0.250. The van der Waals surface area contributed by atoms with E-state index >= 15 is 0 Å². The first-order valence-corrected chi connectivity index (χ1v) is 8.09. The second-order valence-electron chi connectivity index (χ2n) is 5.32. The van der Waals surface area contributed by atoms with Crippen LogP contribution in [0.5, 0.6) is 0 Å². The molecule has 0 aliphatic heterocycles. The SMILES string of the molecule is CCC(Nc1nc(C(C)C)nc(NN)c1C)c1cccs1. The number of hydrogen-bond acceptors (Lipinski definition) is 6. The summed E-state index contributed by atoms with van der Waals surface area (Å²) in [5.41, 5.74) is 3.61. The number of anilines is 2. The molecule has 0 aliphatic carbocycles. The van der Waals surface area contributed by atoms with Crippen molar-refractivity contribution < 1.29 is 0 Å². The van der Waals surface area contributed by atoms with Crippen molar-refractivity contribution in [3.8, 4) is 0 Å². The lowest BCUT2D eigenvalue weighted by Gasteiger charge is -2.20. The number of thiophene rings is 1. The smallest absolute Gasteiger partial charge is 0.148 e. The van der Waals surface area contributed by atoms with Gasteiger partial charge in [0.15, 0.2) is 0 Å². The van der Waals surface area contributed by atoms with Gasteiger partial charge in [-0.15, -0.1) is 11.3 Å². The molecule has 2 aromatic rings. The Labute approximate surface area is 130 Å². The lowest BCUT2D eigenvalue weighted by Crippen LogP contribution is -2.17. The lowest BCUT2D eigenvalue weighted by atomic mass is 10.1. The van der Waals surface area contributed by atoms with E-state index in [1.807, 2.05) is 6.92 Å². The fourth-order valence-corrected chi connectivity index (χ4v) is 2.96. The second-order valence-corrected chi connectivity index (χ2v) is 6.30. The van der Waals surface area contributed by atoms with E-state index in [-0.39, 0.29) is 12.0 Å². The van der Waals surface area contributed by atoms with E-state index in [9.17, 15) is 0 Å². The molecule has 0 radical (unpaired) electrons. The number of hydrogen-bond donors (Lipinski definition) is 3. The summed E-state index contributed by atoms with van der Waals surface area (Å²) in [6, 6.07) is 4.47. The van der Waals surface area contributed by atoms with Crippen LogP contribution in [0, 0.1) is 6.92 Å². The molecule has 0 saturated heterocycles. The summed E-state index contributed by atoms with van der Waals surface area (Å²) >= 11 is 1.75. The minimum atomic E-state index is 0.250. The Morgan fingerprint density at radius 2 is 2.00 bits per heavy atom. The largest absolute Gasteiger partial charge is 0.362 e. The van der Waals surface area contributed by atoms with E-state index in [0.717, 1.165) is 23.6 Å². The zero-order valence-corrected chi connectivity index (χ0v) is 13.8. The molecule has 21 heavy (non-hydrogen) atoms. The van der Waals surface area contributed by atoms with Gasteiger partial charge < -0.3 is 10.7 Å². The van der Waals surface area contributed by atoms with Crippen LogP contribution in [0.4, 0.5) is 11.6 Å². The van der Waals surface area contributed by atoms with Gasteiger partial charge in [-0.1, -0.05) is 26.8 Å². The molecular formula is C15H23N5S. The number of nitrogen functional groups attached to an aromatic ring is 1. The number of nitrogens with two attached hydrogens (primary N) is 1. The molecule has 0 aromatic carbocycles. The Morgan fingerprint density at radius 1 is 1.29 bits per heavy atom. The third kappa shape index (κ3) is 3.51. The average Bonchev–Trinajstić information content (AvgIpc) is 3.00. The highest BCUT2D eigenvalue weighted by Crippen LogP contribution is 2.29. The second kappa shape index (κ2) is 6.87. The van der Waals surface area contributed by atoms with E-state index in [2.05, 4.69) is 59.0 Å². The Morgan fingerprint density at radius 3 is 2.52 bits per heavy atom. The first kappa shape index (κ1) is 15.7. The molecule has 4 N–H and O–H groups in total. The molecule has 0 fully saturated rings. The van der Waals surface area contributed by atoms with Crippen molar-refractivity contribution >= 4 is 23.0 Å². The van der Waals surface area contributed by atoms with Gasteiger partial charge >= 0.3 is 0 Å². The minimum Gasteiger partial charge on any atom is -0.362 e. The van der Waals surface area contributed by atoms with Crippen molar-refractivity contribution in [2.75, 3.05) is 10.7 Å². The third-order valence-corrected chi connectivity index (χ3v) is 4.41. The van der Waals surface area contributed by atoms with Crippen LogP contribution in [0.1, 0.15) is 55.4 Å². The first-order chi connectivity index (χ1) is 10.1. The Kier molecular flexibility index (Phi) is 5.14. The van der Waals surface area contributed by atoms with Crippen molar-refractivity contribution in [1.82, 2.24) is 9.97 Å². The molecule has 114 valence electrons. The molecule has 0 amide bonds. The highest BCUT2D eigenvalue weighted by molar-refractivity contribution is 7.10. The highest BCUT2D eigenvalue weighted by Gasteiger charge is 2.16. The lowest BCUT2D eigenvalue weighted by molar-refractivity contribution is 0.738. The molecule has 2 aromatic heterocycles. The van der Waals surface area contributed by atoms with Crippen LogP contribution >= 0.6 is 11.3 Å². The normalized spacial score (nSPS) is 12.5. The zero-order valence-electron chi connectivity index (χ0n) is 13.0. The van der Waals surface area contributed by atoms with E-state index in [1.54, 1.807) is 11.3 Å². The molecule has 0 spiro atoms. The summed E-state index contributed by atoms with van der Waals surface area (Å²) in [6.45, 7) is 8.29. The topological polar surface area (TPSA) is 75.9 Å². The number of nitrogens with zero attached hydrogens (tertiary/aromatic N) is 2. The summed E-state index contributed by atoms with van der Waals surface area (Å²) in [6.07, 6.45) is 0.992. The van der Waals surface area contributed by atoms with Crippen LogP contribution < -0.4 is 16.6 Å². The maximum absolute atomic E-state index is 5.58. The number of rotatable bonds is 6. The molecule has 1 unspecified atom stereocenters. The molecule has 5 nitrogen and oxygen atoms in total. The van der Waals surface area contributed by atoms with Gasteiger partial charge in [-0.3, -0.25) is 0 Å². The Bertz CT molecular complexity index is 580. The van der Waals surface area contributed by atoms with Crippen molar-refractivity contribution in [2.45, 2.75) is 46.1 Å². The number of nitrogens with one attached hydrogen (secondary N) is 2.